The van der Waals surface area contributed by atoms with Crippen LogP contribution >= 0.6 is 23.2 Å². The molecule has 1 aromatic heterocycles. The molecule has 0 spiro atoms. The summed E-state index contributed by atoms with van der Waals surface area (Å²) in [7, 11) is 4.73. The van der Waals surface area contributed by atoms with Gasteiger partial charge in [0.15, 0.2) is 0 Å². The lowest BCUT2D eigenvalue weighted by atomic mass is 9.50. The van der Waals surface area contributed by atoms with Gasteiger partial charge >= 0.3 is 0 Å². The minimum Gasteiger partial charge on any atom is -0.497 e. The fraction of sp³-hybridized carbons (Fsp3) is 0.250. The molecule has 2 aliphatic heterocycles. The van der Waals surface area contributed by atoms with Crippen molar-refractivity contribution in [1.82, 2.24) is 5.01 Å². The summed E-state index contributed by atoms with van der Waals surface area (Å²) in [6.45, 7) is -0.403. The number of allylic oxidation sites excluding steroid dienone is 2. The Labute approximate surface area is 367 Å². The number of carbonyl (C=O) groups excluding carboxylic acids is 4. The number of carbonyl (C=O) groups is 4. The molecule has 5 aromatic rings. The van der Waals surface area contributed by atoms with Gasteiger partial charge in [-0.1, -0.05) is 71.3 Å². The van der Waals surface area contributed by atoms with Crippen molar-refractivity contribution < 1.29 is 42.9 Å². The summed E-state index contributed by atoms with van der Waals surface area (Å²) in [6, 6.07) is 27.6. The first-order valence-electron chi connectivity index (χ1n) is 20.0. The number of hydrogen-bond donors (Lipinski definition) is 2. The molecule has 2 saturated heterocycles. The van der Waals surface area contributed by atoms with Crippen molar-refractivity contribution in [2.24, 2.45) is 23.7 Å². The third-order valence-electron chi connectivity index (χ3n) is 12.7. The molecule has 62 heavy (non-hydrogen) atoms. The van der Waals surface area contributed by atoms with Gasteiger partial charge in [-0.05, 0) is 103 Å². The molecule has 2 aliphatic carbocycles. The number of hydrazine groups is 1. The van der Waals surface area contributed by atoms with Crippen LogP contribution < -0.4 is 24.5 Å². The maximum atomic E-state index is 15.4. The molecule has 316 valence electrons. The predicted octanol–water partition coefficient (Wildman–Crippen LogP) is 8.46. The molecule has 0 radical (unpaired) electrons. The van der Waals surface area contributed by atoms with E-state index in [4.69, 9.17) is 41.8 Å². The number of aliphatic hydroxyl groups excluding tert-OH is 1. The molecule has 6 atom stereocenters. The molecule has 6 unspecified atom stereocenters. The van der Waals surface area contributed by atoms with Crippen LogP contribution in [0.2, 0.25) is 10.0 Å². The average Bonchev–Trinajstić information content (AvgIpc) is 3.93. The Kier molecular flexibility index (Phi) is 10.7. The van der Waals surface area contributed by atoms with Gasteiger partial charge < -0.3 is 23.7 Å². The number of rotatable bonds is 11. The number of hydrogen-bond acceptors (Lipinski definition) is 10. The number of nitrogens with zero attached hydrogens (tertiary/aromatic N) is 2. The van der Waals surface area contributed by atoms with E-state index < -0.39 is 53.4 Å². The van der Waals surface area contributed by atoms with Gasteiger partial charge in [0, 0.05) is 10.6 Å². The van der Waals surface area contributed by atoms with Gasteiger partial charge in [-0.15, -0.1) is 0 Å². The molecule has 1 saturated carbocycles. The van der Waals surface area contributed by atoms with Crippen LogP contribution in [0.1, 0.15) is 47.0 Å². The van der Waals surface area contributed by atoms with Crippen molar-refractivity contribution in [2.45, 2.75) is 30.8 Å². The third-order valence-corrected chi connectivity index (χ3v) is 13.3. The zero-order valence-corrected chi connectivity index (χ0v) is 35.4. The molecule has 3 heterocycles. The van der Waals surface area contributed by atoms with Crippen molar-refractivity contribution in [3.63, 3.8) is 0 Å². The van der Waals surface area contributed by atoms with Crippen molar-refractivity contribution >= 4 is 70.4 Å². The number of anilines is 2. The summed E-state index contributed by atoms with van der Waals surface area (Å²) < 4.78 is 22.7. The van der Waals surface area contributed by atoms with Crippen LogP contribution in [-0.2, 0) is 31.2 Å². The fourth-order valence-corrected chi connectivity index (χ4v) is 10.4. The molecule has 4 aromatic carbocycles. The standard InChI is InChI=1S/C48H41Cl2N3O9/c1-59-31-13-8-28(9-14-31)48-37(45(56)53(47(48)58)51-39-19-10-29(49)23-38(39)50)24-36-34(43(48)41-21-16-33(25-54)62-41)17-18-35-42(36)46(57)52(44(35)55)30-11-5-26(6-12-30)4-7-27-22-32(60-2)15-20-40(27)61-3/h4-17,19-23,35-37,42-43,51,54H,18,24-25H2,1-3H3. The zero-order chi connectivity index (χ0) is 43.4. The first-order chi connectivity index (χ1) is 30.0. The summed E-state index contributed by atoms with van der Waals surface area (Å²) in [6.07, 6.45) is 6.04. The number of fused-ring (bicyclic) bond motifs is 4. The van der Waals surface area contributed by atoms with Gasteiger partial charge in [0.25, 0.3) is 11.8 Å². The van der Waals surface area contributed by atoms with E-state index in [2.05, 4.69) is 5.43 Å². The lowest BCUT2D eigenvalue weighted by Crippen LogP contribution is -2.53. The number of nitrogens with one attached hydrogen (secondary N) is 1. The summed E-state index contributed by atoms with van der Waals surface area (Å²) in [5, 5.41) is 11.7. The Bertz CT molecular complexity index is 2680. The maximum Gasteiger partial charge on any atom is 0.260 e. The second kappa shape index (κ2) is 16.2. The largest absolute Gasteiger partial charge is 0.497 e. The minimum atomic E-state index is -1.60. The molecule has 3 fully saturated rings. The summed E-state index contributed by atoms with van der Waals surface area (Å²) >= 11 is 12.8. The van der Waals surface area contributed by atoms with Crippen molar-refractivity contribution in [1.29, 1.82) is 0 Å². The lowest BCUT2D eigenvalue weighted by molar-refractivity contribution is -0.138. The van der Waals surface area contributed by atoms with Crippen molar-refractivity contribution in [2.75, 3.05) is 31.7 Å². The SMILES string of the molecule is COc1ccc(C23C(=O)N(Nc4ccc(Cl)cc4Cl)C(=O)C2CC2C(=CCC4C(=O)N(c5ccc(C=Cc6cc(OC)ccc6OC)cc5)C(=O)C42)C3c2ccc(CO)o2)cc1. The molecule has 14 heteroatoms. The first-order valence-corrected chi connectivity index (χ1v) is 20.8. The number of furan rings is 1. The predicted molar refractivity (Wildman–Crippen MR) is 233 cm³/mol. The van der Waals surface area contributed by atoms with E-state index in [1.807, 2.05) is 48.6 Å². The van der Waals surface area contributed by atoms with Crippen LogP contribution in [0.4, 0.5) is 11.4 Å². The first kappa shape index (κ1) is 41.0. The van der Waals surface area contributed by atoms with E-state index in [0.717, 1.165) is 16.1 Å². The highest BCUT2D eigenvalue weighted by Gasteiger charge is 2.71. The van der Waals surface area contributed by atoms with Crippen LogP contribution in [0.5, 0.6) is 17.2 Å². The van der Waals surface area contributed by atoms with E-state index >= 15 is 4.79 Å². The van der Waals surface area contributed by atoms with Gasteiger partial charge in [-0.2, -0.15) is 5.01 Å². The number of ether oxygens (including phenoxy) is 3. The normalized spacial score (nSPS) is 24.2. The Morgan fingerprint density at radius 1 is 0.806 bits per heavy atom. The smallest absolute Gasteiger partial charge is 0.260 e. The molecule has 4 aliphatic rings. The van der Waals surface area contributed by atoms with E-state index in [-0.39, 0.29) is 41.1 Å². The zero-order valence-electron chi connectivity index (χ0n) is 33.8. The fourth-order valence-electron chi connectivity index (χ4n) is 9.93. The minimum absolute atomic E-state index is 0.0739. The van der Waals surface area contributed by atoms with Gasteiger partial charge in [0.05, 0.1) is 61.4 Å². The molecular formula is C48H41Cl2N3O9. The Morgan fingerprint density at radius 3 is 2.23 bits per heavy atom. The number of imide groups is 2. The highest BCUT2D eigenvalue weighted by Crippen LogP contribution is 2.64. The molecule has 9 rings (SSSR count). The summed E-state index contributed by atoms with van der Waals surface area (Å²) in [4.78, 5) is 60.8. The quantitative estimate of drug-likeness (QED) is 0.0753. The van der Waals surface area contributed by atoms with E-state index in [1.54, 1.807) is 74.9 Å². The van der Waals surface area contributed by atoms with Crippen LogP contribution in [0.3, 0.4) is 0 Å². The number of amides is 4. The second-order valence-electron chi connectivity index (χ2n) is 15.7. The van der Waals surface area contributed by atoms with Crippen LogP contribution in [0, 0.1) is 23.7 Å². The topological polar surface area (TPSA) is 148 Å². The van der Waals surface area contributed by atoms with Gasteiger partial charge in [0.1, 0.15) is 40.8 Å². The van der Waals surface area contributed by atoms with Crippen molar-refractivity contribution in [3.8, 4) is 17.2 Å². The van der Waals surface area contributed by atoms with Gasteiger partial charge in [-0.3, -0.25) is 29.5 Å². The molecule has 12 nitrogen and oxygen atoms in total. The van der Waals surface area contributed by atoms with Crippen LogP contribution in [-0.4, -0.2) is 55.1 Å². The lowest BCUT2D eigenvalue weighted by Gasteiger charge is -2.49. The summed E-state index contributed by atoms with van der Waals surface area (Å²) in [5.74, 6) is -3.45. The Hall–Kier alpha value is -6.34. The summed E-state index contributed by atoms with van der Waals surface area (Å²) in [5.41, 5.74) is 4.96. The average molecular weight is 875 g/mol. The van der Waals surface area contributed by atoms with E-state index in [9.17, 15) is 19.5 Å². The molecule has 4 amide bonds. The van der Waals surface area contributed by atoms with Gasteiger partial charge in [-0.25, -0.2) is 0 Å². The molecule has 2 N–H and O–H groups in total. The van der Waals surface area contributed by atoms with E-state index in [0.29, 0.717) is 44.9 Å². The molecular weight excluding hydrogens is 833 g/mol. The number of benzene rings is 4. The van der Waals surface area contributed by atoms with Crippen molar-refractivity contribution in [3.05, 3.63) is 147 Å². The number of methoxy groups -OCH3 is 3. The Balaban J connectivity index is 1.11. The second-order valence-corrected chi connectivity index (χ2v) is 16.6. The Morgan fingerprint density at radius 2 is 1.55 bits per heavy atom. The van der Waals surface area contributed by atoms with Crippen LogP contribution in [0.15, 0.2) is 113 Å². The number of aliphatic hydroxyl groups is 1. The number of halogens is 2. The van der Waals surface area contributed by atoms with E-state index in [1.165, 1.54) is 18.1 Å². The van der Waals surface area contributed by atoms with Gasteiger partial charge in [0.2, 0.25) is 11.8 Å². The third kappa shape index (κ3) is 6.56. The van der Waals surface area contributed by atoms with Crippen LogP contribution in [0.25, 0.3) is 12.2 Å². The highest BCUT2D eigenvalue weighted by molar-refractivity contribution is 6.36. The monoisotopic (exact) mass is 873 g/mol. The molecule has 0 bridgehead atoms. The maximum absolute atomic E-state index is 15.4. The highest BCUT2D eigenvalue weighted by atomic mass is 35.5.